The molecule has 1 aromatic heterocycles. The van der Waals surface area contributed by atoms with Crippen LogP contribution in [0, 0.1) is 0 Å². The fourth-order valence-corrected chi connectivity index (χ4v) is 1.32. The highest BCUT2D eigenvalue weighted by atomic mass is 16.5. The summed E-state index contributed by atoms with van der Waals surface area (Å²) in [5.41, 5.74) is 0. The summed E-state index contributed by atoms with van der Waals surface area (Å²) < 4.78 is 4.50. The van der Waals surface area contributed by atoms with Crippen LogP contribution in [0.3, 0.4) is 0 Å². The van der Waals surface area contributed by atoms with Gasteiger partial charge in [-0.2, -0.15) is 4.98 Å². The number of rotatable bonds is 8. The molecule has 20 heavy (non-hydrogen) atoms. The molecule has 1 rings (SSSR count). The van der Waals surface area contributed by atoms with E-state index in [-0.39, 0.29) is 19.4 Å². The largest absolute Gasteiger partial charge is 0.481 e. The van der Waals surface area contributed by atoms with Gasteiger partial charge in [-0.25, -0.2) is 9.59 Å². The summed E-state index contributed by atoms with van der Waals surface area (Å²) in [5.74, 6) is -2.01. The second kappa shape index (κ2) is 7.71. The van der Waals surface area contributed by atoms with E-state index < -0.39 is 24.0 Å². The molecule has 4 N–H and O–H groups in total. The first-order valence-electron chi connectivity index (χ1n) is 5.73. The normalized spacial score (nSPS) is 11.6. The van der Waals surface area contributed by atoms with E-state index in [1.165, 1.54) is 0 Å². The predicted molar refractivity (Wildman–Crippen MR) is 62.8 cm³/mol. The number of carbonyl (C=O) groups is 3. The van der Waals surface area contributed by atoms with Gasteiger partial charge < -0.3 is 25.4 Å². The Kier molecular flexibility index (Phi) is 5.94. The molecule has 1 heterocycles. The molecule has 2 amide bonds. The highest BCUT2D eigenvalue weighted by Crippen LogP contribution is 1.98. The molecule has 0 saturated heterocycles. The predicted octanol–water partition coefficient (Wildman–Crippen LogP) is -0.771. The van der Waals surface area contributed by atoms with Crippen LogP contribution >= 0.6 is 0 Å². The van der Waals surface area contributed by atoms with Gasteiger partial charge in [0.05, 0.1) is 0 Å². The number of hydrogen-bond acceptors (Lipinski definition) is 6. The third kappa shape index (κ3) is 5.80. The first-order chi connectivity index (χ1) is 9.49. The maximum absolute atomic E-state index is 11.4. The number of aliphatic carboxylic acids is 2. The lowest BCUT2D eigenvalue weighted by atomic mass is 10.1. The van der Waals surface area contributed by atoms with Crippen molar-refractivity contribution in [3.05, 3.63) is 12.2 Å². The van der Waals surface area contributed by atoms with Gasteiger partial charge >= 0.3 is 18.0 Å². The monoisotopic (exact) mass is 286 g/mol. The van der Waals surface area contributed by atoms with E-state index >= 15 is 0 Å². The van der Waals surface area contributed by atoms with E-state index in [4.69, 9.17) is 10.2 Å². The molecule has 10 heteroatoms. The highest BCUT2D eigenvalue weighted by molar-refractivity contribution is 5.82. The van der Waals surface area contributed by atoms with Crippen molar-refractivity contribution >= 4 is 18.0 Å². The summed E-state index contributed by atoms with van der Waals surface area (Å²) in [6, 6.07) is -1.96. The molecule has 0 radical (unpaired) electrons. The molecule has 0 bridgehead atoms. The summed E-state index contributed by atoms with van der Waals surface area (Å²) in [5, 5.41) is 25.4. The number of nitrogens with one attached hydrogen (secondary N) is 2. The van der Waals surface area contributed by atoms with Gasteiger partial charge in [0.15, 0.2) is 5.82 Å². The fourth-order valence-electron chi connectivity index (χ4n) is 1.32. The van der Waals surface area contributed by atoms with Crippen molar-refractivity contribution in [2.75, 3.05) is 6.54 Å². The number of amides is 2. The van der Waals surface area contributed by atoms with E-state index in [9.17, 15) is 14.4 Å². The summed E-state index contributed by atoms with van der Waals surface area (Å²) in [6.07, 6.45) is 0.946. The van der Waals surface area contributed by atoms with Crippen LogP contribution in [0.25, 0.3) is 0 Å². The summed E-state index contributed by atoms with van der Waals surface area (Å²) in [7, 11) is 0. The minimum absolute atomic E-state index is 0.191. The smallest absolute Gasteiger partial charge is 0.326 e. The van der Waals surface area contributed by atoms with Crippen LogP contribution in [-0.2, 0) is 16.0 Å². The van der Waals surface area contributed by atoms with Crippen LogP contribution < -0.4 is 10.6 Å². The Morgan fingerprint density at radius 1 is 1.35 bits per heavy atom. The Balaban J connectivity index is 2.30. The second-order valence-corrected chi connectivity index (χ2v) is 3.82. The standard InChI is InChI=1S/C10H14N4O6/c15-8(16)2-1-6(9(17)18)13-10(19)11-4-3-7-12-5-20-14-7/h5-6H,1-4H2,(H,15,16)(H,17,18)(H2,11,13,19). The lowest BCUT2D eigenvalue weighted by molar-refractivity contribution is -0.140. The van der Waals surface area contributed by atoms with Gasteiger partial charge in [0, 0.05) is 19.4 Å². The first-order valence-corrected chi connectivity index (χ1v) is 5.73. The Morgan fingerprint density at radius 2 is 2.10 bits per heavy atom. The number of carboxylic acid groups (broad SMARTS) is 2. The zero-order valence-electron chi connectivity index (χ0n) is 10.4. The molecule has 0 saturated carbocycles. The quantitative estimate of drug-likeness (QED) is 0.485. The third-order valence-electron chi connectivity index (χ3n) is 2.29. The van der Waals surface area contributed by atoms with E-state index in [1.54, 1.807) is 0 Å². The van der Waals surface area contributed by atoms with Gasteiger partial charge in [-0.05, 0) is 6.42 Å². The number of urea groups is 1. The van der Waals surface area contributed by atoms with Crippen molar-refractivity contribution in [3.63, 3.8) is 0 Å². The number of hydrogen-bond donors (Lipinski definition) is 4. The molecule has 1 unspecified atom stereocenters. The SMILES string of the molecule is O=C(O)CCC(NC(=O)NCCc1ncon1)C(=O)O. The minimum atomic E-state index is -1.29. The van der Waals surface area contributed by atoms with Gasteiger partial charge in [0.1, 0.15) is 6.04 Å². The number of carboxylic acids is 2. The van der Waals surface area contributed by atoms with E-state index in [0.29, 0.717) is 12.2 Å². The number of carbonyl (C=O) groups excluding carboxylic acids is 1. The molecule has 0 aliphatic heterocycles. The summed E-state index contributed by atoms with van der Waals surface area (Å²) in [4.78, 5) is 36.4. The maximum atomic E-state index is 11.4. The van der Waals surface area contributed by atoms with Crippen molar-refractivity contribution < 1.29 is 29.1 Å². The van der Waals surface area contributed by atoms with Crippen molar-refractivity contribution in [3.8, 4) is 0 Å². The van der Waals surface area contributed by atoms with Gasteiger partial charge in [0.25, 0.3) is 0 Å². The molecule has 0 spiro atoms. The van der Waals surface area contributed by atoms with E-state index in [2.05, 4.69) is 25.3 Å². The molecule has 0 aliphatic rings. The molecule has 0 fully saturated rings. The van der Waals surface area contributed by atoms with Gasteiger partial charge in [-0.15, -0.1) is 0 Å². The molecule has 0 aliphatic carbocycles. The molecular weight excluding hydrogens is 272 g/mol. The lowest BCUT2D eigenvalue weighted by Crippen LogP contribution is -2.46. The molecule has 0 aromatic carbocycles. The Morgan fingerprint density at radius 3 is 2.65 bits per heavy atom. The van der Waals surface area contributed by atoms with Gasteiger partial charge in [-0.1, -0.05) is 5.16 Å². The Hall–Kier alpha value is -2.65. The molecule has 1 aromatic rings. The van der Waals surface area contributed by atoms with Crippen LogP contribution in [0.5, 0.6) is 0 Å². The van der Waals surface area contributed by atoms with E-state index in [0.717, 1.165) is 6.39 Å². The van der Waals surface area contributed by atoms with Crippen molar-refractivity contribution in [1.29, 1.82) is 0 Å². The Labute approximate surface area is 113 Å². The van der Waals surface area contributed by atoms with Crippen LogP contribution in [-0.4, -0.2) is 50.9 Å². The van der Waals surface area contributed by atoms with Crippen molar-refractivity contribution in [2.24, 2.45) is 0 Å². The van der Waals surface area contributed by atoms with Crippen LogP contribution in [0.15, 0.2) is 10.9 Å². The molecular formula is C10H14N4O6. The maximum Gasteiger partial charge on any atom is 0.326 e. The molecule has 110 valence electrons. The average molecular weight is 286 g/mol. The third-order valence-corrected chi connectivity index (χ3v) is 2.29. The van der Waals surface area contributed by atoms with Crippen molar-refractivity contribution in [1.82, 2.24) is 20.8 Å². The Bertz CT molecular complexity index is 460. The van der Waals surface area contributed by atoms with E-state index in [1.807, 2.05) is 0 Å². The number of aromatic nitrogens is 2. The summed E-state index contributed by atoms with van der Waals surface area (Å²) >= 11 is 0. The zero-order valence-corrected chi connectivity index (χ0v) is 10.4. The highest BCUT2D eigenvalue weighted by Gasteiger charge is 2.20. The second-order valence-electron chi connectivity index (χ2n) is 3.82. The van der Waals surface area contributed by atoms with Crippen LogP contribution in [0.4, 0.5) is 4.79 Å². The van der Waals surface area contributed by atoms with Gasteiger partial charge in [0.2, 0.25) is 6.39 Å². The topological polar surface area (TPSA) is 155 Å². The number of nitrogens with zero attached hydrogens (tertiary/aromatic N) is 2. The van der Waals surface area contributed by atoms with Gasteiger partial charge in [-0.3, -0.25) is 4.79 Å². The minimum Gasteiger partial charge on any atom is -0.481 e. The lowest BCUT2D eigenvalue weighted by Gasteiger charge is -2.13. The van der Waals surface area contributed by atoms with Crippen LogP contribution in [0.1, 0.15) is 18.7 Å². The van der Waals surface area contributed by atoms with Crippen molar-refractivity contribution in [2.45, 2.75) is 25.3 Å². The average Bonchev–Trinajstić information content (AvgIpc) is 2.87. The summed E-state index contributed by atoms with van der Waals surface area (Å²) in [6.45, 7) is 0.191. The zero-order chi connectivity index (χ0) is 15.0. The fraction of sp³-hybridized carbons (Fsp3) is 0.500. The van der Waals surface area contributed by atoms with Crippen LogP contribution in [0.2, 0.25) is 0 Å². The molecule has 1 atom stereocenters. The molecule has 10 nitrogen and oxygen atoms in total. The first kappa shape index (κ1) is 15.4.